The van der Waals surface area contributed by atoms with E-state index in [0.717, 1.165) is 19.4 Å². The second-order valence-electron chi connectivity index (χ2n) is 6.67. The predicted molar refractivity (Wildman–Crippen MR) is 99.6 cm³/mol. The van der Waals surface area contributed by atoms with Crippen LogP contribution in [-0.4, -0.2) is 33.5 Å². The van der Waals surface area contributed by atoms with E-state index in [1.807, 2.05) is 32.9 Å². The van der Waals surface area contributed by atoms with Gasteiger partial charge < -0.3 is 10.6 Å². The third-order valence-electron chi connectivity index (χ3n) is 3.20. The van der Waals surface area contributed by atoms with E-state index >= 15 is 0 Å². The molecule has 136 valence electrons. The Bertz CT molecular complexity index is 649. The van der Waals surface area contributed by atoms with Gasteiger partial charge in [0, 0.05) is 25.7 Å². The third kappa shape index (κ3) is 6.88. The topological polar surface area (TPSA) is 82.6 Å². The van der Waals surface area contributed by atoms with Crippen LogP contribution in [0.2, 0.25) is 0 Å². The summed E-state index contributed by atoms with van der Waals surface area (Å²) in [6.45, 7) is 8.82. The Balaban J connectivity index is 2.87. The molecule has 7 heteroatoms. The fraction of sp³-hybridized carbons (Fsp3) is 0.588. The highest BCUT2D eigenvalue weighted by molar-refractivity contribution is 7.89. The third-order valence-corrected chi connectivity index (χ3v) is 5.05. The number of nitrogens with one attached hydrogen (secondary N) is 3. The smallest absolute Gasteiger partial charge is 0.241 e. The first kappa shape index (κ1) is 20.4. The van der Waals surface area contributed by atoms with E-state index in [2.05, 4.69) is 27.3 Å². The highest BCUT2D eigenvalue weighted by Crippen LogP contribution is 2.17. The summed E-state index contributed by atoms with van der Waals surface area (Å²) in [7, 11) is -1.87. The number of rotatable bonds is 7. The average Bonchev–Trinajstić information content (AvgIpc) is 2.48. The fourth-order valence-corrected chi connectivity index (χ4v) is 3.81. The maximum absolute atomic E-state index is 12.6. The molecule has 0 aliphatic rings. The molecule has 0 fully saturated rings. The Kier molecular flexibility index (Phi) is 7.69. The van der Waals surface area contributed by atoms with Crippen molar-refractivity contribution in [2.24, 2.45) is 4.99 Å². The summed E-state index contributed by atoms with van der Waals surface area (Å²) in [6.07, 6.45) is 2.16. The largest absolute Gasteiger partial charge is 0.356 e. The van der Waals surface area contributed by atoms with Crippen molar-refractivity contribution < 1.29 is 8.42 Å². The zero-order valence-electron chi connectivity index (χ0n) is 15.3. The quantitative estimate of drug-likeness (QED) is 0.398. The van der Waals surface area contributed by atoms with Crippen molar-refractivity contribution in [1.82, 2.24) is 15.4 Å². The van der Waals surface area contributed by atoms with Gasteiger partial charge in [0.1, 0.15) is 0 Å². The van der Waals surface area contributed by atoms with Crippen LogP contribution in [0.1, 0.15) is 46.1 Å². The molecule has 0 aliphatic carbocycles. The standard InChI is InChI=1S/C17H30N4O2S/c1-6-7-12-19-16(18-5)20-13-14-10-8-9-11-15(14)24(22,23)21-17(2,3)4/h8-11,21H,6-7,12-13H2,1-5H3,(H2,18,19,20). The second-order valence-corrected chi connectivity index (χ2v) is 8.32. The molecule has 1 rings (SSSR count). The Morgan fingerprint density at radius 2 is 1.83 bits per heavy atom. The fourth-order valence-electron chi connectivity index (χ4n) is 2.15. The molecule has 0 bridgehead atoms. The van der Waals surface area contributed by atoms with E-state index in [9.17, 15) is 8.42 Å². The summed E-state index contributed by atoms with van der Waals surface area (Å²) in [5.74, 6) is 0.666. The average molecular weight is 355 g/mol. The summed E-state index contributed by atoms with van der Waals surface area (Å²) < 4.78 is 27.9. The molecule has 1 aromatic rings. The molecule has 0 amide bonds. The molecule has 0 saturated heterocycles. The molecule has 1 aromatic carbocycles. The van der Waals surface area contributed by atoms with E-state index in [1.165, 1.54) is 0 Å². The number of benzene rings is 1. The van der Waals surface area contributed by atoms with Crippen LogP contribution in [-0.2, 0) is 16.6 Å². The lowest BCUT2D eigenvalue weighted by molar-refractivity contribution is 0.491. The molecule has 0 heterocycles. The molecule has 24 heavy (non-hydrogen) atoms. The van der Waals surface area contributed by atoms with Gasteiger partial charge in [0.05, 0.1) is 4.90 Å². The Labute approximate surface area is 146 Å². The van der Waals surface area contributed by atoms with Crippen molar-refractivity contribution in [3.8, 4) is 0 Å². The normalized spacial score (nSPS) is 13.0. The van der Waals surface area contributed by atoms with Crippen molar-refractivity contribution in [1.29, 1.82) is 0 Å². The Morgan fingerprint density at radius 3 is 2.42 bits per heavy atom. The lowest BCUT2D eigenvalue weighted by Crippen LogP contribution is -2.41. The highest BCUT2D eigenvalue weighted by Gasteiger charge is 2.24. The molecule has 0 aromatic heterocycles. The SMILES string of the molecule is CCCCNC(=NC)NCc1ccccc1S(=O)(=O)NC(C)(C)C. The monoisotopic (exact) mass is 354 g/mol. The van der Waals surface area contributed by atoms with Gasteiger partial charge in [-0.05, 0) is 38.8 Å². The van der Waals surface area contributed by atoms with Crippen molar-refractivity contribution >= 4 is 16.0 Å². The van der Waals surface area contributed by atoms with E-state index in [1.54, 1.807) is 19.2 Å². The van der Waals surface area contributed by atoms with E-state index < -0.39 is 15.6 Å². The maximum Gasteiger partial charge on any atom is 0.241 e. The number of hydrogen-bond donors (Lipinski definition) is 3. The van der Waals surface area contributed by atoms with Gasteiger partial charge in [0.15, 0.2) is 5.96 Å². The van der Waals surface area contributed by atoms with Gasteiger partial charge in [-0.15, -0.1) is 0 Å². The first-order valence-electron chi connectivity index (χ1n) is 8.26. The minimum Gasteiger partial charge on any atom is -0.356 e. The summed E-state index contributed by atoms with van der Waals surface area (Å²) in [5.41, 5.74) is 0.171. The molecule has 0 aliphatic heterocycles. The second kappa shape index (κ2) is 9.03. The predicted octanol–water partition coefficient (Wildman–Crippen LogP) is 2.23. The van der Waals surface area contributed by atoms with Crippen LogP contribution in [0.15, 0.2) is 34.2 Å². The molecule has 0 spiro atoms. The van der Waals surface area contributed by atoms with Gasteiger partial charge in [-0.3, -0.25) is 4.99 Å². The molecule has 3 N–H and O–H groups in total. The van der Waals surface area contributed by atoms with E-state index in [-0.39, 0.29) is 4.90 Å². The Hall–Kier alpha value is -1.60. The van der Waals surface area contributed by atoms with Gasteiger partial charge in [-0.2, -0.15) is 0 Å². The summed E-state index contributed by atoms with van der Waals surface area (Å²) in [4.78, 5) is 4.44. The lowest BCUT2D eigenvalue weighted by atomic mass is 10.1. The van der Waals surface area contributed by atoms with Crippen LogP contribution in [0.4, 0.5) is 0 Å². The van der Waals surface area contributed by atoms with Gasteiger partial charge in [0.25, 0.3) is 0 Å². The number of sulfonamides is 1. The first-order valence-corrected chi connectivity index (χ1v) is 9.74. The minimum absolute atomic E-state index is 0.288. The van der Waals surface area contributed by atoms with Crippen molar-refractivity contribution in [3.63, 3.8) is 0 Å². The van der Waals surface area contributed by atoms with Gasteiger partial charge >= 0.3 is 0 Å². The number of aliphatic imine (C=N–C) groups is 1. The number of nitrogens with zero attached hydrogens (tertiary/aromatic N) is 1. The molecule has 6 nitrogen and oxygen atoms in total. The zero-order valence-corrected chi connectivity index (χ0v) is 16.1. The van der Waals surface area contributed by atoms with Gasteiger partial charge in [-0.25, -0.2) is 13.1 Å². The summed E-state index contributed by atoms with van der Waals surface area (Å²) in [6, 6.07) is 7.00. The summed E-state index contributed by atoms with van der Waals surface area (Å²) in [5, 5.41) is 6.38. The van der Waals surface area contributed by atoms with Crippen LogP contribution in [0, 0.1) is 0 Å². The first-order chi connectivity index (χ1) is 11.2. The lowest BCUT2D eigenvalue weighted by Gasteiger charge is -2.22. The highest BCUT2D eigenvalue weighted by atomic mass is 32.2. The number of guanidine groups is 1. The van der Waals surface area contributed by atoms with Gasteiger partial charge in [-0.1, -0.05) is 31.5 Å². The van der Waals surface area contributed by atoms with Crippen molar-refractivity contribution in [3.05, 3.63) is 29.8 Å². The maximum atomic E-state index is 12.6. The number of hydrogen-bond acceptors (Lipinski definition) is 3. The molecular weight excluding hydrogens is 324 g/mol. The molecule has 0 atom stereocenters. The van der Waals surface area contributed by atoms with Crippen LogP contribution < -0.4 is 15.4 Å². The summed E-state index contributed by atoms with van der Waals surface area (Å²) >= 11 is 0. The van der Waals surface area contributed by atoms with Crippen LogP contribution in [0.25, 0.3) is 0 Å². The van der Waals surface area contributed by atoms with Crippen molar-refractivity contribution in [2.45, 2.75) is 57.5 Å². The van der Waals surface area contributed by atoms with E-state index in [4.69, 9.17) is 0 Å². The molecule has 0 saturated carbocycles. The van der Waals surface area contributed by atoms with Crippen LogP contribution >= 0.6 is 0 Å². The van der Waals surface area contributed by atoms with Crippen molar-refractivity contribution in [2.75, 3.05) is 13.6 Å². The van der Waals surface area contributed by atoms with Crippen LogP contribution in [0.3, 0.4) is 0 Å². The van der Waals surface area contributed by atoms with E-state index in [0.29, 0.717) is 18.1 Å². The minimum atomic E-state index is -3.57. The van der Waals surface area contributed by atoms with Gasteiger partial charge in [0.2, 0.25) is 10.0 Å². The molecule has 0 radical (unpaired) electrons. The molecule has 0 unspecified atom stereocenters. The number of unbranched alkanes of at least 4 members (excludes halogenated alkanes) is 1. The zero-order chi connectivity index (χ0) is 18.2. The Morgan fingerprint density at radius 1 is 1.17 bits per heavy atom. The van der Waals surface area contributed by atoms with Crippen LogP contribution in [0.5, 0.6) is 0 Å². The molecular formula is C17H30N4O2S.